The number of pyridine rings is 1. The molecule has 0 spiro atoms. The summed E-state index contributed by atoms with van der Waals surface area (Å²) in [5, 5.41) is 8.76. The zero-order chi connectivity index (χ0) is 11.5. The number of nitrogens with zero attached hydrogens (tertiary/aromatic N) is 2. The third kappa shape index (κ3) is 2.15. The zero-order valence-corrected chi connectivity index (χ0v) is 9.39. The molecule has 86 valence electrons. The van der Waals surface area contributed by atoms with E-state index in [1.165, 1.54) is 19.3 Å². The lowest BCUT2D eigenvalue weighted by Gasteiger charge is -2.35. The molecule has 4 heteroatoms. The monoisotopic (exact) mass is 220 g/mol. The molecule has 16 heavy (non-hydrogen) atoms. The number of piperidine rings is 1. The Morgan fingerprint density at radius 2 is 2.31 bits per heavy atom. The van der Waals surface area contributed by atoms with Crippen molar-refractivity contribution in [2.45, 2.75) is 32.2 Å². The van der Waals surface area contributed by atoms with E-state index in [4.69, 9.17) is 5.11 Å². The molecule has 1 saturated heterocycles. The second-order valence-corrected chi connectivity index (χ2v) is 4.24. The van der Waals surface area contributed by atoms with Crippen molar-refractivity contribution in [3.05, 3.63) is 24.0 Å². The van der Waals surface area contributed by atoms with E-state index in [2.05, 4.69) is 16.8 Å². The summed E-state index contributed by atoms with van der Waals surface area (Å²) in [6.45, 7) is 3.24. The Labute approximate surface area is 94.9 Å². The molecule has 0 saturated carbocycles. The molecule has 0 aliphatic carbocycles. The second-order valence-electron chi connectivity index (χ2n) is 4.24. The van der Waals surface area contributed by atoms with Gasteiger partial charge in [-0.1, -0.05) is 0 Å². The number of carboxylic acid groups (broad SMARTS) is 1. The van der Waals surface area contributed by atoms with Gasteiger partial charge in [-0.2, -0.15) is 0 Å². The van der Waals surface area contributed by atoms with Crippen LogP contribution in [0.15, 0.2) is 18.3 Å². The minimum Gasteiger partial charge on any atom is -0.477 e. The molecular weight excluding hydrogens is 204 g/mol. The molecule has 4 nitrogen and oxygen atoms in total. The van der Waals surface area contributed by atoms with Gasteiger partial charge in [0.1, 0.15) is 5.69 Å². The highest BCUT2D eigenvalue weighted by atomic mass is 16.4. The number of hydrogen-bond acceptors (Lipinski definition) is 3. The van der Waals surface area contributed by atoms with Crippen molar-refractivity contribution in [3.8, 4) is 0 Å². The molecule has 1 unspecified atom stereocenters. The first-order chi connectivity index (χ1) is 7.68. The Kier molecular flexibility index (Phi) is 3.08. The standard InChI is InChI=1S/C12H16N2O2/c1-9-4-2-3-7-14(9)10-5-6-11(12(15)16)13-8-10/h5-6,8-9H,2-4,7H2,1H3,(H,15,16). The van der Waals surface area contributed by atoms with Gasteiger partial charge in [0.2, 0.25) is 0 Å². The molecule has 1 aromatic heterocycles. The third-order valence-corrected chi connectivity index (χ3v) is 3.10. The van der Waals surface area contributed by atoms with Gasteiger partial charge in [0, 0.05) is 12.6 Å². The summed E-state index contributed by atoms with van der Waals surface area (Å²) in [5.41, 5.74) is 1.13. The number of anilines is 1. The Hall–Kier alpha value is -1.58. The topological polar surface area (TPSA) is 53.4 Å². The Morgan fingerprint density at radius 1 is 1.50 bits per heavy atom. The first-order valence-electron chi connectivity index (χ1n) is 5.64. The molecule has 0 aromatic carbocycles. The van der Waals surface area contributed by atoms with Crippen molar-refractivity contribution >= 4 is 11.7 Å². The van der Waals surface area contributed by atoms with Crippen LogP contribution >= 0.6 is 0 Å². The van der Waals surface area contributed by atoms with Crippen LogP contribution in [0.3, 0.4) is 0 Å². The van der Waals surface area contributed by atoms with Crippen LogP contribution in [0.2, 0.25) is 0 Å². The highest BCUT2D eigenvalue weighted by Gasteiger charge is 2.18. The van der Waals surface area contributed by atoms with E-state index in [0.717, 1.165) is 12.2 Å². The maximum atomic E-state index is 10.7. The first kappa shape index (κ1) is 10.9. The first-order valence-corrected chi connectivity index (χ1v) is 5.64. The van der Waals surface area contributed by atoms with E-state index < -0.39 is 5.97 Å². The van der Waals surface area contributed by atoms with E-state index in [1.807, 2.05) is 6.07 Å². The lowest BCUT2D eigenvalue weighted by Crippen LogP contribution is -2.37. The van der Waals surface area contributed by atoms with E-state index in [9.17, 15) is 4.79 Å². The van der Waals surface area contributed by atoms with E-state index in [1.54, 1.807) is 12.3 Å². The van der Waals surface area contributed by atoms with Gasteiger partial charge in [0.15, 0.2) is 0 Å². The Balaban J connectivity index is 2.17. The van der Waals surface area contributed by atoms with Crippen molar-refractivity contribution in [2.24, 2.45) is 0 Å². The van der Waals surface area contributed by atoms with E-state index >= 15 is 0 Å². The quantitative estimate of drug-likeness (QED) is 0.829. The molecule has 2 rings (SSSR count). The summed E-state index contributed by atoms with van der Waals surface area (Å²) in [6, 6.07) is 3.93. The van der Waals surface area contributed by atoms with Crippen LogP contribution in [0.4, 0.5) is 5.69 Å². The normalized spacial score (nSPS) is 20.8. The van der Waals surface area contributed by atoms with Crippen molar-refractivity contribution in [2.75, 3.05) is 11.4 Å². The van der Waals surface area contributed by atoms with Crippen LogP contribution in [0, 0.1) is 0 Å². The van der Waals surface area contributed by atoms with Gasteiger partial charge in [-0.3, -0.25) is 0 Å². The maximum absolute atomic E-state index is 10.7. The van der Waals surface area contributed by atoms with Crippen LogP contribution in [0.5, 0.6) is 0 Å². The Morgan fingerprint density at radius 3 is 2.88 bits per heavy atom. The molecule has 0 amide bonds. The molecule has 1 aromatic rings. The van der Waals surface area contributed by atoms with Crippen LogP contribution in [-0.2, 0) is 0 Å². The molecule has 0 bridgehead atoms. The lowest BCUT2D eigenvalue weighted by molar-refractivity contribution is 0.0690. The summed E-state index contributed by atoms with van der Waals surface area (Å²) in [4.78, 5) is 16.9. The predicted octanol–water partition coefficient (Wildman–Crippen LogP) is 2.16. The molecule has 1 aliphatic heterocycles. The maximum Gasteiger partial charge on any atom is 0.354 e. The van der Waals surface area contributed by atoms with Gasteiger partial charge >= 0.3 is 5.97 Å². The number of aromatic nitrogens is 1. The van der Waals surface area contributed by atoms with Crippen molar-refractivity contribution in [1.82, 2.24) is 4.98 Å². The SMILES string of the molecule is CC1CCCCN1c1ccc(C(=O)O)nc1. The van der Waals surface area contributed by atoms with Crippen LogP contribution in [0.1, 0.15) is 36.7 Å². The number of hydrogen-bond donors (Lipinski definition) is 1. The molecule has 1 N–H and O–H groups in total. The molecule has 1 atom stereocenters. The molecular formula is C12H16N2O2. The predicted molar refractivity (Wildman–Crippen MR) is 61.9 cm³/mol. The molecule has 1 fully saturated rings. The average molecular weight is 220 g/mol. The highest BCUT2D eigenvalue weighted by Crippen LogP contribution is 2.23. The van der Waals surface area contributed by atoms with Gasteiger partial charge in [-0.05, 0) is 38.3 Å². The van der Waals surface area contributed by atoms with Crippen LogP contribution in [0.25, 0.3) is 0 Å². The van der Waals surface area contributed by atoms with Gasteiger partial charge in [0.05, 0.1) is 11.9 Å². The van der Waals surface area contributed by atoms with Gasteiger partial charge < -0.3 is 10.0 Å². The van der Waals surface area contributed by atoms with Crippen LogP contribution < -0.4 is 4.90 Å². The summed E-state index contributed by atoms with van der Waals surface area (Å²) >= 11 is 0. The zero-order valence-electron chi connectivity index (χ0n) is 9.39. The number of aromatic carboxylic acids is 1. The lowest BCUT2D eigenvalue weighted by atomic mass is 10.0. The molecule has 0 radical (unpaired) electrons. The fourth-order valence-electron chi connectivity index (χ4n) is 2.16. The minimum atomic E-state index is -0.974. The van der Waals surface area contributed by atoms with Crippen molar-refractivity contribution in [1.29, 1.82) is 0 Å². The fraction of sp³-hybridized carbons (Fsp3) is 0.500. The van der Waals surface area contributed by atoms with Gasteiger partial charge in [-0.25, -0.2) is 9.78 Å². The smallest absolute Gasteiger partial charge is 0.354 e. The van der Waals surface area contributed by atoms with Crippen molar-refractivity contribution in [3.63, 3.8) is 0 Å². The third-order valence-electron chi connectivity index (χ3n) is 3.10. The summed E-state index contributed by atoms with van der Waals surface area (Å²) in [7, 11) is 0. The molecule has 2 heterocycles. The second kappa shape index (κ2) is 4.51. The highest BCUT2D eigenvalue weighted by molar-refractivity contribution is 5.85. The van der Waals surface area contributed by atoms with Gasteiger partial charge in [0.25, 0.3) is 0 Å². The number of carbonyl (C=O) groups is 1. The van der Waals surface area contributed by atoms with Gasteiger partial charge in [-0.15, -0.1) is 0 Å². The molecule has 1 aliphatic rings. The van der Waals surface area contributed by atoms with Crippen LogP contribution in [-0.4, -0.2) is 28.6 Å². The largest absolute Gasteiger partial charge is 0.477 e. The average Bonchev–Trinajstić information content (AvgIpc) is 2.30. The van der Waals surface area contributed by atoms with E-state index in [0.29, 0.717) is 6.04 Å². The van der Waals surface area contributed by atoms with E-state index in [-0.39, 0.29) is 5.69 Å². The van der Waals surface area contributed by atoms with Crippen molar-refractivity contribution < 1.29 is 9.90 Å². The number of rotatable bonds is 2. The summed E-state index contributed by atoms with van der Waals surface area (Å²) in [5.74, 6) is -0.974. The summed E-state index contributed by atoms with van der Waals surface area (Å²) < 4.78 is 0. The summed E-state index contributed by atoms with van der Waals surface area (Å²) in [6.07, 6.45) is 5.33. The minimum absolute atomic E-state index is 0.105. The number of carboxylic acids is 1. The Bertz CT molecular complexity index is 375. The fourth-order valence-corrected chi connectivity index (χ4v) is 2.16.